The Kier molecular flexibility index (Phi) is 3.53. The van der Waals surface area contributed by atoms with Gasteiger partial charge in [-0.15, -0.1) is 0 Å². The molecule has 2 N–H and O–H groups in total. The fourth-order valence-corrected chi connectivity index (χ4v) is 2.12. The molecule has 0 unspecified atom stereocenters. The molecule has 0 aliphatic heterocycles. The molecule has 0 spiro atoms. The highest BCUT2D eigenvalue weighted by Crippen LogP contribution is 2.20. The monoisotopic (exact) mass is 296 g/mol. The van der Waals surface area contributed by atoms with Crippen molar-refractivity contribution < 1.29 is 4.79 Å². The van der Waals surface area contributed by atoms with E-state index in [4.69, 9.17) is 0 Å². The highest BCUT2D eigenvalue weighted by Gasteiger charge is 2.08. The topological polar surface area (TPSA) is 96.9 Å². The van der Waals surface area contributed by atoms with Crippen LogP contribution in [0.15, 0.2) is 58.4 Å². The van der Waals surface area contributed by atoms with Crippen molar-refractivity contribution in [3.63, 3.8) is 0 Å². The van der Waals surface area contributed by atoms with Crippen LogP contribution in [0.25, 0.3) is 10.9 Å². The third kappa shape index (κ3) is 2.78. The highest BCUT2D eigenvalue weighted by atomic mass is 16.2. The first-order valence-corrected chi connectivity index (χ1v) is 6.57. The van der Waals surface area contributed by atoms with E-state index >= 15 is 0 Å². The number of rotatable bonds is 3. The molecule has 1 amide bonds. The third-order valence-corrected chi connectivity index (χ3v) is 3.12. The number of hydrogen-bond donors (Lipinski definition) is 2. The predicted octanol–water partition coefficient (Wildman–Crippen LogP) is 0.723. The van der Waals surface area contributed by atoms with E-state index in [-0.39, 0.29) is 12.5 Å². The van der Waals surface area contributed by atoms with Crippen LogP contribution in [0.3, 0.4) is 0 Å². The number of carbonyl (C=O) groups is 1. The largest absolute Gasteiger partial charge is 0.328 e. The molecule has 0 saturated carbocycles. The summed E-state index contributed by atoms with van der Waals surface area (Å²) in [6, 6.07) is 10.3. The van der Waals surface area contributed by atoms with E-state index in [1.54, 1.807) is 12.3 Å². The molecule has 0 atom stereocenters. The molecule has 7 heteroatoms. The number of H-pyrrole nitrogens is 1. The molecule has 0 radical (unpaired) electrons. The Bertz CT molecular complexity index is 953. The van der Waals surface area contributed by atoms with Gasteiger partial charge >= 0.3 is 5.69 Å². The Hall–Kier alpha value is -3.22. The van der Waals surface area contributed by atoms with Crippen molar-refractivity contribution in [3.05, 3.63) is 69.6 Å². The summed E-state index contributed by atoms with van der Waals surface area (Å²) in [5.74, 6) is -0.382. The fraction of sp³-hybridized carbons (Fsp3) is 0.0667. The van der Waals surface area contributed by atoms with Crippen molar-refractivity contribution in [2.75, 3.05) is 5.32 Å². The van der Waals surface area contributed by atoms with Gasteiger partial charge in [0.05, 0.1) is 11.2 Å². The normalized spacial score (nSPS) is 10.5. The molecule has 0 aliphatic carbocycles. The molecule has 1 aromatic carbocycles. The van der Waals surface area contributed by atoms with Gasteiger partial charge in [-0.2, -0.15) is 0 Å². The average molecular weight is 296 g/mol. The summed E-state index contributed by atoms with van der Waals surface area (Å²) < 4.78 is 1.12. The molecular formula is C15H12N4O3. The minimum atomic E-state index is -0.626. The van der Waals surface area contributed by atoms with Gasteiger partial charge in [-0.3, -0.25) is 24.1 Å². The molecule has 0 bridgehead atoms. The second-order valence-electron chi connectivity index (χ2n) is 4.67. The molecule has 22 heavy (non-hydrogen) atoms. The van der Waals surface area contributed by atoms with E-state index in [0.29, 0.717) is 11.2 Å². The maximum absolute atomic E-state index is 12.1. The SMILES string of the molecule is O=C(Cn1ccc(=O)[nH]c1=O)Nc1cccc2cccnc12. The van der Waals surface area contributed by atoms with E-state index in [1.165, 1.54) is 12.3 Å². The van der Waals surface area contributed by atoms with Crippen LogP contribution in [0.1, 0.15) is 0 Å². The zero-order valence-corrected chi connectivity index (χ0v) is 11.4. The molecule has 0 saturated heterocycles. The van der Waals surface area contributed by atoms with Crippen LogP contribution in [-0.4, -0.2) is 20.4 Å². The summed E-state index contributed by atoms with van der Waals surface area (Å²) in [7, 11) is 0. The van der Waals surface area contributed by atoms with Gasteiger partial charge in [0, 0.05) is 23.8 Å². The van der Waals surface area contributed by atoms with Crippen LogP contribution in [0.4, 0.5) is 5.69 Å². The van der Waals surface area contributed by atoms with Crippen molar-refractivity contribution in [1.82, 2.24) is 14.5 Å². The third-order valence-electron chi connectivity index (χ3n) is 3.12. The lowest BCUT2D eigenvalue weighted by molar-refractivity contribution is -0.116. The molecule has 0 aliphatic rings. The summed E-state index contributed by atoms with van der Waals surface area (Å²) in [6.45, 7) is -0.196. The zero-order valence-electron chi connectivity index (χ0n) is 11.4. The summed E-state index contributed by atoms with van der Waals surface area (Å²) in [4.78, 5) is 41.0. The van der Waals surface area contributed by atoms with Gasteiger partial charge < -0.3 is 5.32 Å². The van der Waals surface area contributed by atoms with Crippen LogP contribution in [0, 0.1) is 0 Å². The van der Waals surface area contributed by atoms with E-state index < -0.39 is 11.2 Å². The van der Waals surface area contributed by atoms with Gasteiger partial charge in [0.15, 0.2) is 0 Å². The Morgan fingerprint density at radius 3 is 2.82 bits per heavy atom. The molecule has 2 heterocycles. The number of nitrogens with one attached hydrogen (secondary N) is 2. The molecule has 3 rings (SSSR count). The van der Waals surface area contributed by atoms with E-state index in [9.17, 15) is 14.4 Å². The lowest BCUT2D eigenvalue weighted by Crippen LogP contribution is -2.32. The van der Waals surface area contributed by atoms with Crippen LogP contribution in [0.5, 0.6) is 0 Å². The number of amides is 1. The van der Waals surface area contributed by atoms with E-state index in [1.807, 2.05) is 24.3 Å². The van der Waals surface area contributed by atoms with Gasteiger partial charge in [0.25, 0.3) is 5.56 Å². The number of para-hydroxylation sites is 1. The fourth-order valence-electron chi connectivity index (χ4n) is 2.12. The molecule has 2 aromatic heterocycles. The Balaban J connectivity index is 1.84. The van der Waals surface area contributed by atoms with Crippen LogP contribution in [-0.2, 0) is 11.3 Å². The van der Waals surface area contributed by atoms with Gasteiger partial charge in [0.2, 0.25) is 5.91 Å². The number of carbonyl (C=O) groups excluding carboxylic acids is 1. The number of hydrogen-bond acceptors (Lipinski definition) is 4. The quantitative estimate of drug-likeness (QED) is 0.744. The maximum Gasteiger partial charge on any atom is 0.328 e. The Labute approximate surface area is 124 Å². The van der Waals surface area contributed by atoms with Gasteiger partial charge in [-0.1, -0.05) is 18.2 Å². The number of aromatic amines is 1. The maximum atomic E-state index is 12.1. The summed E-state index contributed by atoms with van der Waals surface area (Å²) >= 11 is 0. The first kappa shape index (κ1) is 13.7. The summed E-state index contributed by atoms with van der Waals surface area (Å²) in [5.41, 5.74) is 0.117. The van der Waals surface area contributed by atoms with Crippen molar-refractivity contribution in [2.24, 2.45) is 0 Å². The predicted molar refractivity (Wildman–Crippen MR) is 81.7 cm³/mol. The standard InChI is InChI=1S/C15H12N4O3/c20-12-6-8-19(15(22)18-12)9-13(21)17-11-5-1-3-10-4-2-7-16-14(10)11/h1-8H,9H2,(H,17,21)(H,18,20,22). The van der Waals surface area contributed by atoms with Gasteiger partial charge in [0.1, 0.15) is 6.54 Å². The van der Waals surface area contributed by atoms with Crippen molar-refractivity contribution >= 4 is 22.5 Å². The molecule has 7 nitrogen and oxygen atoms in total. The molecule has 3 aromatic rings. The minimum absolute atomic E-state index is 0.196. The van der Waals surface area contributed by atoms with E-state index in [0.717, 1.165) is 9.95 Å². The van der Waals surface area contributed by atoms with Crippen molar-refractivity contribution in [1.29, 1.82) is 0 Å². The first-order chi connectivity index (χ1) is 10.6. The van der Waals surface area contributed by atoms with Crippen LogP contribution < -0.4 is 16.6 Å². The molecular weight excluding hydrogens is 284 g/mol. The number of fused-ring (bicyclic) bond motifs is 1. The average Bonchev–Trinajstić information content (AvgIpc) is 2.50. The zero-order chi connectivity index (χ0) is 15.5. The van der Waals surface area contributed by atoms with E-state index in [2.05, 4.69) is 15.3 Å². The first-order valence-electron chi connectivity index (χ1n) is 6.57. The molecule has 110 valence electrons. The Morgan fingerprint density at radius 2 is 2.00 bits per heavy atom. The van der Waals surface area contributed by atoms with Crippen LogP contribution >= 0.6 is 0 Å². The summed E-state index contributed by atoms with van der Waals surface area (Å²) in [6.07, 6.45) is 2.92. The van der Waals surface area contributed by atoms with Crippen molar-refractivity contribution in [2.45, 2.75) is 6.54 Å². The number of anilines is 1. The lowest BCUT2D eigenvalue weighted by atomic mass is 10.2. The summed E-state index contributed by atoms with van der Waals surface area (Å²) in [5, 5.41) is 3.63. The number of nitrogens with zero attached hydrogens (tertiary/aromatic N) is 2. The minimum Gasteiger partial charge on any atom is -0.323 e. The van der Waals surface area contributed by atoms with Crippen molar-refractivity contribution in [3.8, 4) is 0 Å². The van der Waals surface area contributed by atoms with Crippen LogP contribution in [0.2, 0.25) is 0 Å². The second kappa shape index (κ2) is 5.65. The smallest absolute Gasteiger partial charge is 0.323 e. The Morgan fingerprint density at radius 1 is 1.18 bits per heavy atom. The van der Waals surface area contributed by atoms with Gasteiger partial charge in [-0.25, -0.2) is 4.79 Å². The van der Waals surface area contributed by atoms with Gasteiger partial charge in [-0.05, 0) is 12.1 Å². The lowest BCUT2D eigenvalue weighted by Gasteiger charge is -2.08. The number of benzene rings is 1. The number of aromatic nitrogens is 3. The highest BCUT2D eigenvalue weighted by molar-refractivity contribution is 6.00. The number of pyridine rings is 1. The molecule has 0 fully saturated rings. The second-order valence-corrected chi connectivity index (χ2v) is 4.67.